The van der Waals surface area contributed by atoms with Crippen LogP contribution in [0, 0.1) is 6.92 Å². The largest absolute Gasteiger partial charge is 0.427 e. The van der Waals surface area contributed by atoms with Gasteiger partial charge in [0.1, 0.15) is 5.75 Å². The van der Waals surface area contributed by atoms with E-state index >= 15 is 0 Å². The lowest BCUT2D eigenvalue weighted by atomic mass is 10.1. The molecule has 5 heteroatoms. The maximum atomic E-state index is 12.6. The highest BCUT2D eigenvalue weighted by atomic mass is 16.5. The number of aromatic nitrogens is 1. The Bertz CT molecular complexity index is 1020. The topological polar surface area (TPSA) is 71.2 Å². The van der Waals surface area contributed by atoms with E-state index in [2.05, 4.69) is 35.4 Å². The van der Waals surface area contributed by atoms with Gasteiger partial charge in [0.25, 0.3) is 5.91 Å². The molecule has 0 saturated heterocycles. The highest BCUT2D eigenvalue weighted by molar-refractivity contribution is 5.95. The molecule has 1 aromatic heterocycles. The Kier molecular flexibility index (Phi) is 3.99. The number of amides is 1. The van der Waals surface area contributed by atoms with E-state index in [-0.39, 0.29) is 11.9 Å². The molecule has 0 radical (unpaired) electrons. The minimum Gasteiger partial charge on any atom is -0.427 e. The highest BCUT2D eigenvalue weighted by Gasteiger charge is 2.27. The molecule has 132 valence electrons. The number of hydrogen-bond acceptors (Lipinski definition) is 3. The molecule has 1 aliphatic carbocycles. The fraction of sp³-hybridized carbons (Fsp3) is 0.238. The van der Waals surface area contributed by atoms with Gasteiger partial charge in [-0.05, 0) is 49.2 Å². The summed E-state index contributed by atoms with van der Waals surface area (Å²) in [6, 6.07) is 13.1. The zero-order valence-electron chi connectivity index (χ0n) is 14.8. The van der Waals surface area contributed by atoms with Crippen LogP contribution >= 0.6 is 0 Å². The van der Waals surface area contributed by atoms with Crippen LogP contribution in [0.25, 0.3) is 10.9 Å². The number of carbonyl (C=O) groups is 2. The molecule has 3 aromatic rings. The summed E-state index contributed by atoms with van der Waals surface area (Å²) in [5.41, 5.74) is 5.36. The number of esters is 1. The average molecular weight is 348 g/mol. The molecule has 0 saturated carbocycles. The highest BCUT2D eigenvalue weighted by Crippen LogP contribution is 2.31. The van der Waals surface area contributed by atoms with Crippen LogP contribution in [-0.4, -0.2) is 22.9 Å². The van der Waals surface area contributed by atoms with Gasteiger partial charge in [-0.2, -0.15) is 0 Å². The van der Waals surface area contributed by atoms with E-state index in [0.717, 1.165) is 18.4 Å². The van der Waals surface area contributed by atoms with E-state index in [0.29, 0.717) is 11.3 Å². The standard InChI is InChI=1S/C21H20N2O3/c1-12-6-7-19-17(8-12)18-10-15(11-20(18)23-19)22-21(25)14-4-3-5-16(9-14)26-13(2)24/h3-9,15,23H,10-11H2,1-2H3,(H,22,25). The summed E-state index contributed by atoms with van der Waals surface area (Å²) in [5.74, 6) is -0.183. The monoisotopic (exact) mass is 348 g/mol. The number of benzene rings is 2. The minimum absolute atomic E-state index is 0.0612. The van der Waals surface area contributed by atoms with Crippen LogP contribution in [-0.2, 0) is 17.6 Å². The first-order valence-corrected chi connectivity index (χ1v) is 8.69. The predicted octanol–water partition coefficient (Wildman–Crippen LogP) is 3.30. The first-order chi connectivity index (χ1) is 12.5. The molecule has 0 fully saturated rings. The van der Waals surface area contributed by atoms with Gasteiger partial charge in [-0.1, -0.05) is 17.7 Å². The number of fused-ring (bicyclic) bond motifs is 3. The van der Waals surface area contributed by atoms with Crippen molar-refractivity contribution in [3.05, 3.63) is 64.8 Å². The Balaban J connectivity index is 1.49. The van der Waals surface area contributed by atoms with E-state index in [1.165, 1.54) is 29.1 Å². The van der Waals surface area contributed by atoms with Crippen molar-refractivity contribution >= 4 is 22.8 Å². The minimum atomic E-state index is -0.404. The maximum Gasteiger partial charge on any atom is 0.308 e. The van der Waals surface area contributed by atoms with Crippen molar-refractivity contribution in [2.45, 2.75) is 32.7 Å². The van der Waals surface area contributed by atoms with Gasteiger partial charge in [0.05, 0.1) is 0 Å². The molecule has 1 amide bonds. The molecule has 5 nitrogen and oxygen atoms in total. The van der Waals surface area contributed by atoms with E-state index in [4.69, 9.17) is 4.74 Å². The van der Waals surface area contributed by atoms with Crippen molar-refractivity contribution in [3.8, 4) is 5.75 Å². The van der Waals surface area contributed by atoms with Gasteiger partial charge < -0.3 is 15.0 Å². The van der Waals surface area contributed by atoms with Crippen molar-refractivity contribution in [2.24, 2.45) is 0 Å². The third-order valence-electron chi connectivity index (χ3n) is 4.74. The quantitative estimate of drug-likeness (QED) is 0.563. The molecule has 4 rings (SSSR count). The van der Waals surface area contributed by atoms with Crippen molar-refractivity contribution in [1.29, 1.82) is 0 Å². The van der Waals surface area contributed by atoms with Crippen LogP contribution < -0.4 is 10.1 Å². The number of rotatable bonds is 3. The van der Waals surface area contributed by atoms with Crippen molar-refractivity contribution in [2.75, 3.05) is 0 Å². The van der Waals surface area contributed by atoms with Gasteiger partial charge in [-0.3, -0.25) is 9.59 Å². The van der Waals surface area contributed by atoms with Gasteiger partial charge in [-0.15, -0.1) is 0 Å². The van der Waals surface area contributed by atoms with Crippen molar-refractivity contribution in [3.63, 3.8) is 0 Å². The van der Waals surface area contributed by atoms with E-state index < -0.39 is 5.97 Å². The molecule has 1 heterocycles. The van der Waals surface area contributed by atoms with E-state index in [1.54, 1.807) is 24.3 Å². The van der Waals surface area contributed by atoms with Crippen LogP contribution in [0.5, 0.6) is 5.75 Å². The van der Waals surface area contributed by atoms with E-state index in [9.17, 15) is 9.59 Å². The van der Waals surface area contributed by atoms with Gasteiger partial charge >= 0.3 is 5.97 Å². The molecule has 0 spiro atoms. The zero-order valence-corrected chi connectivity index (χ0v) is 14.8. The first kappa shape index (κ1) is 16.4. The van der Waals surface area contributed by atoms with E-state index in [1.807, 2.05) is 0 Å². The fourth-order valence-corrected chi connectivity index (χ4v) is 3.63. The number of H-pyrrole nitrogens is 1. The normalized spacial score (nSPS) is 15.7. The Morgan fingerprint density at radius 3 is 2.81 bits per heavy atom. The smallest absolute Gasteiger partial charge is 0.308 e. The molecule has 2 N–H and O–H groups in total. The third kappa shape index (κ3) is 3.08. The third-order valence-corrected chi connectivity index (χ3v) is 4.74. The maximum absolute atomic E-state index is 12.6. The summed E-state index contributed by atoms with van der Waals surface area (Å²) in [6.07, 6.45) is 1.60. The summed E-state index contributed by atoms with van der Waals surface area (Å²) >= 11 is 0. The number of aryl methyl sites for hydroxylation is 1. The molecular formula is C21H20N2O3. The summed E-state index contributed by atoms with van der Waals surface area (Å²) in [5, 5.41) is 4.33. The number of aromatic amines is 1. The Morgan fingerprint density at radius 2 is 2.00 bits per heavy atom. The fourth-order valence-electron chi connectivity index (χ4n) is 3.63. The summed E-state index contributed by atoms with van der Waals surface area (Å²) < 4.78 is 5.05. The summed E-state index contributed by atoms with van der Waals surface area (Å²) in [7, 11) is 0. The zero-order chi connectivity index (χ0) is 18.3. The second-order valence-corrected chi connectivity index (χ2v) is 6.83. The molecular weight excluding hydrogens is 328 g/mol. The number of carbonyl (C=O) groups excluding carboxylic acids is 2. The van der Waals surface area contributed by atoms with Crippen molar-refractivity contribution in [1.82, 2.24) is 10.3 Å². The van der Waals surface area contributed by atoms with Gasteiger partial charge in [-0.25, -0.2) is 0 Å². The first-order valence-electron chi connectivity index (χ1n) is 8.69. The lowest BCUT2D eigenvalue weighted by Crippen LogP contribution is -2.35. The molecule has 0 aliphatic heterocycles. The second-order valence-electron chi connectivity index (χ2n) is 6.83. The van der Waals surface area contributed by atoms with Crippen LogP contribution in [0.2, 0.25) is 0 Å². The Hall–Kier alpha value is -3.08. The van der Waals surface area contributed by atoms with Crippen molar-refractivity contribution < 1.29 is 14.3 Å². The van der Waals surface area contributed by atoms with Gasteiger partial charge in [0, 0.05) is 41.5 Å². The lowest BCUT2D eigenvalue weighted by molar-refractivity contribution is -0.131. The van der Waals surface area contributed by atoms with Crippen LogP contribution in [0.15, 0.2) is 42.5 Å². The molecule has 1 unspecified atom stereocenters. The summed E-state index contributed by atoms with van der Waals surface area (Å²) in [4.78, 5) is 27.1. The average Bonchev–Trinajstić information content (AvgIpc) is 3.12. The Morgan fingerprint density at radius 1 is 1.15 bits per heavy atom. The van der Waals surface area contributed by atoms with Crippen LogP contribution in [0.1, 0.15) is 34.1 Å². The molecule has 2 aromatic carbocycles. The molecule has 0 bridgehead atoms. The molecule has 1 aliphatic rings. The van der Waals surface area contributed by atoms with Gasteiger partial charge in [0.15, 0.2) is 0 Å². The predicted molar refractivity (Wildman–Crippen MR) is 99.4 cm³/mol. The molecule has 26 heavy (non-hydrogen) atoms. The lowest BCUT2D eigenvalue weighted by Gasteiger charge is -2.13. The van der Waals surface area contributed by atoms with Gasteiger partial charge in [0.2, 0.25) is 0 Å². The number of hydrogen-bond donors (Lipinski definition) is 2. The summed E-state index contributed by atoms with van der Waals surface area (Å²) in [6.45, 7) is 3.42. The molecule has 1 atom stereocenters. The van der Waals surface area contributed by atoms with Crippen LogP contribution in [0.4, 0.5) is 0 Å². The number of ether oxygens (including phenoxy) is 1. The second kappa shape index (κ2) is 6.33. The van der Waals surface area contributed by atoms with Crippen LogP contribution in [0.3, 0.4) is 0 Å². The Labute approximate surface area is 151 Å². The SMILES string of the molecule is CC(=O)Oc1cccc(C(=O)NC2Cc3[nH]c4ccc(C)cc4c3C2)c1. The number of nitrogens with one attached hydrogen (secondary N) is 2.